The molecule has 1 unspecified atom stereocenters. The molecule has 7 heteroatoms. The van der Waals surface area contributed by atoms with E-state index in [1.165, 1.54) is 74.5 Å². The fourth-order valence-corrected chi connectivity index (χ4v) is 13.7. The number of aromatic carboxylic acids is 1. The predicted molar refractivity (Wildman–Crippen MR) is 201 cm³/mol. The number of carboxylic acid groups (broad SMARTS) is 1. The summed E-state index contributed by atoms with van der Waals surface area (Å²) < 4.78 is 24.0. The Labute approximate surface area is 297 Å². The number of rotatable bonds is 7. The zero-order chi connectivity index (χ0) is 35.4. The van der Waals surface area contributed by atoms with Crippen molar-refractivity contribution in [2.24, 2.45) is 45.8 Å². The molecule has 1 saturated heterocycles. The summed E-state index contributed by atoms with van der Waals surface area (Å²) in [5.74, 6) is 2.74. The van der Waals surface area contributed by atoms with E-state index in [1.54, 1.807) is 12.1 Å². The number of hydrogen-bond donors (Lipinski definition) is 2. The molecule has 4 fully saturated rings. The maximum Gasteiger partial charge on any atom is 0.335 e. The highest BCUT2D eigenvalue weighted by Crippen LogP contribution is 2.68. The van der Waals surface area contributed by atoms with E-state index in [9.17, 15) is 18.3 Å². The highest BCUT2D eigenvalue weighted by atomic mass is 32.2. The molecule has 1 aromatic carbocycles. The molecule has 0 amide bonds. The third-order valence-corrected chi connectivity index (χ3v) is 17.0. The van der Waals surface area contributed by atoms with E-state index in [-0.39, 0.29) is 21.8 Å². The van der Waals surface area contributed by atoms with Gasteiger partial charge in [-0.05, 0) is 134 Å². The van der Waals surface area contributed by atoms with Crippen LogP contribution in [0.4, 0.5) is 0 Å². The lowest BCUT2D eigenvalue weighted by Gasteiger charge is -2.64. The van der Waals surface area contributed by atoms with Crippen LogP contribution < -0.4 is 5.32 Å². The Morgan fingerprint density at radius 2 is 1.61 bits per heavy atom. The minimum atomic E-state index is -2.86. The summed E-state index contributed by atoms with van der Waals surface area (Å²) in [6, 6.07) is 7.57. The summed E-state index contributed by atoms with van der Waals surface area (Å²) in [6.07, 6.45) is 14.8. The number of carboxylic acids is 1. The quantitative estimate of drug-likeness (QED) is 0.279. The van der Waals surface area contributed by atoms with Gasteiger partial charge >= 0.3 is 5.97 Å². The third-order valence-electron chi connectivity index (χ3n) is 15.3. The first kappa shape index (κ1) is 36.8. The fraction of sp³-hybridized carbons (Fsp3) is 0.738. The van der Waals surface area contributed by atoms with Crippen molar-refractivity contribution in [3.8, 4) is 0 Å². The van der Waals surface area contributed by atoms with Crippen LogP contribution in [0.5, 0.6) is 0 Å². The Kier molecular flexibility index (Phi) is 10.2. The number of allylic oxidation sites excluding steroid dienone is 3. The molecule has 0 bridgehead atoms. The van der Waals surface area contributed by atoms with Crippen LogP contribution in [0.25, 0.3) is 5.57 Å². The zero-order valence-electron chi connectivity index (χ0n) is 31.3. The second-order valence-corrected chi connectivity index (χ2v) is 20.4. The van der Waals surface area contributed by atoms with Crippen molar-refractivity contribution in [3.63, 3.8) is 0 Å². The number of hydrogen-bond acceptors (Lipinski definition) is 5. The molecule has 1 heterocycles. The van der Waals surface area contributed by atoms with Crippen LogP contribution in [0.1, 0.15) is 122 Å². The van der Waals surface area contributed by atoms with Crippen LogP contribution in [0, 0.1) is 45.8 Å². The van der Waals surface area contributed by atoms with Crippen molar-refractivity contribution in [1.29, 1.82) is 0 Å². The van der Waals surface area contributed by atoms with Crippen molar-refractivity contribution >= 4 is 21.4 Å². The lowest BCUT2D eigenvalue weighted by Crippen LogP contribution is -2.57. The van der Waals surface area contributed by atoms with Crippen LogP contribution in [0.3, 0.4) is 0 Å². The van der Waals surface area contributed by atoms with Crippen LogP contribution >= 0.6 is 0 Å². The molecule has 49 heavy (non-hydrogen) atoms. The molecular formula is C42H64N2O4S. The van der Waals surface area contributed by atoms with Gasteiger partial charge in [-0.2, -0.15) is 0 Å². The summed E-state index contributed by atoms with van der Waals surface area (Å²) >= 11 is 0. The molecule has 2 N–H and O–H groups in total. The van der Waals surface area contributed by atoms with E-state index in [4.69, 9.17) is 0 Å². The van der Waals surface area contributed by atoms with Gasteiger partial charge in [-0.1, -0.05) is 71.4 Å². The van der Waals surface area contributed by atoms with Gasteiger partial charge in [-0.15, -0.1) is 0 Å². The summed E-state index contributed by atoms with van der Waals surface area (Å²) in [5.41, 5.74) is 4.90. The second-order valence-electron chi connectivity index (χ2n) is 18.1. The minimum Gasteiger partial charge on any atom is -0.478 e. The van der Waals surface area contributed by atoms with Gasteiger partial charge in [0.15, 0.2) is 9.84 Å². The van der Waals surface area contributed by atoms with Gasteiger partial charge in [0, 0.05) is 31.7 Å². The largest absolute Gasteiger partial charge is 0.478 e. The van der Waals surface area contributed by atoms with Crippen molar-refractivity contribution < 1.29 is 18.3 Å². The highest BCUT2D eigenvalue weighted by Gasteiger charge is 2.60. The molecule has 6 rings (SSSR count). The summed E-state index contributed by atoms with van der Waals surface area (Å²) in [5, 5.41) is 13.7. The van der Waals surface area contributed by atoms with Gasteiger partial charge in [0.1, 0.15) is 0 Å². The number of carbonyl (C=O) groups is 1. The van der Waals surface area contributed by atoms with Crippen LogP contribution in [-0.4, -0.2) is 67.6 Å². The van der Waals surface area contributed by atoms with E-state index < -0.39 is 15.8 Å². The summed E-state index contributed by atoms with van der Waals surface area (Å²) in [7, 11) is -2.86. The normalized spacial score (nSPS) is 39.1. The molecule has 8 atom stereocenters. The molecule has 1 aromatic rings. The van der Waals surface area contributed by atoms with E-state index in [0.717, 1.165) is 19.5 Å². The van der Waals surface area contributed by atoms with Crippen molar-refractivity contribution in [1.82, 2.24) is 10.2 Å². The smallest absolute Gasteiger partial charge is 0.335 e. The van der Waals surface area contributed by atoms with E-state index >= 15 is 0 Å². The number of benzene rings is 1. The third kappa shape index (κ3) is 6.75. The Bertz CT molecular complexity index is 1530. The van der Waals surface area contributed by atoms with Crippen LogP contribution in [0.2, 0.25) is 0 Å². The number of fused-ring (bicyclic) bond motifs is 4. The van der Waals surface area contributed by atoms with Gasteiger partial charge in [-0.25, -0.2) is 13.2 Å². The molecule has 4 aliphatic carbocycles. The topological polar surface area (TPSA) is 86.7 Å². The molecule has 3 saturated carbocycles. The standard InChI is InChI=1S/C42H64N2O4S/c1-29(2)33-16-22-42(43-23-24-44-25-27-49(47,48)28-26-44)21-15-30(3)40(6)20-18-36-39(4,5)34(31-11-13-32(14-12-31)38(45)46)17-19-41(36,7)37(40)10-8-9-35(33)42/h11-14,17,30,33,35-37,43H,1,8-10,15-16,18-28H2,2-7H3,(H,45,46)/t30-,33+,35+,36+,37+,40+,41+,42?/m1/s1. The molecule has 0 spiro atoms. The Morgan fingerprint density at radius 3 is 2.27 bits per heavy atom. The molecule has 1 aliphatic heterocycles. The fourth-order valence-electron chi connectivity index (χ4n) is 12.4. The summed E-state index contributed by atoms with van der Waals surface area (Å²) in [4.78, 5) is 13.9. The molecule has 0 aromatic heterocycles. The van der Waals surface area contributed by atoms with Crippen LogP contribution in [-0.2, 0) is 9.84 Å². The maximum atomic E-state index is 12.0. The molecular weight excluding hydrogens is 629 g/mol. The Morgan fingerprint density at radius 1 is 0.939 bits per heavy atom. The molecule has 0 radical (unpaired) electrons. The lowest BCUT2D eigenvalue weighted by atomic mass is 9.40. The lowest BCUT2D eigenvalue weighted by molar-refractivity contribution is -0.120. The average molecular weight is 693 g/mol. The van der Waals surface area contributed by atoms with E-state index in [2.05, 4.69) is 64.4 Å². The van der Waals surface area contributed by atoms with Crippen molar-refractivity contribution in [2.45, 2.75) is 111 Å². The number of nitrogens with zero attached hydrogens (tertiary/aromatic N) is 1. The zero-order valence-corrected chi connectivity index (χ0v) is 32.1. The van der Waals surface area contributed by atoms with Gasteiger partial charge in [0.2, 0.25) is 0 Å². The first-order valence-corrected chi connectivity index (χ1v) is 21.2. The average Bonchev–Trinajstić information content (AvgIpc) is 3.40. The van der Waals surface area contributed by atoms with Gasteiger partial charge < -0.3 is 15.3 Å². The molecule has 5 aliphatic rings. The first-order chi connectivity index (χ1) is 23.0. The monoisotopic (exact) mass is 692 g/mol. The van der Waals surface area contributed by atoms with Crippen molar-refractivity contribution in [2.75, 3.05) is 37.7 Å². The SMILES string of the molecule is C=C(C)[C@@H]1CCC2(NCCN3CCS(=O)(=O)CC3)CC[C@@H](C)[C@]3(C)CC[C@H]4C(C)(C)C(c5ccc(C(=O)O)cc5)=CC[C@]4(C)[C@H]3CCC[C@@H]12. The van der Waals surface area contributed by atoms with Crippen LogP contribution in [0.15, 0.2) is 42.5 Å². The van der Waals surface area contributed by atoms with Gasteiger partial charge in [0.05, 0.1) is 17.1 Å². The predicted octanol–water partition coefficient (Wildman–Crippen LogP) is 8.50. The van der Waals surface area contributed by atoms with E-state index in [0.29, 0.717) is 59.7 Å². The Balaban J connectivity index is 1.24. The van der Waals surface area contributed by atoms with Gasteiger partial charge in [0.25, 0.3) is 0 Å². The second kappa shape index (κ2) is 13.5. The van der Waals surface area contributed by atoms with Gasteiger partial charge in [-0.3, -0.25) is 0 Å². The highest BCUT2D eigenvalue weighted by molar-refractivity contribution is 7.91. The molecule has 272 valence electrons. The van der Waals surface area contributed by atoms with Crippen molar-refractivity contribution in [3.05, 3.63) is 53.6 Å². The Hall–Kier alpha value is -1.96. The molecule has 6 nitrogen and oxygen atoms in total. The first-order valence-electron chi connectivity index (χ1n) is 19.4. The minimum absolute atomic E-state index is 0.00570. The van der Waals surface area contributed by atoms with E-state index in [1.807, 2.05) is 12.1 Å². The maximum absolute atomic E-state index is 12.0. The number of nitrogens with one attached hydrogen (secondary N) is 1. The summed E-state index contributed by atoms with van der Waals surface area (Å²) in [6.45, 7) is 22.7. The number of sulfone groups is 1.